The zero-order valence-corrected chi connectivity index (χ0v) is 19.7. The lowest BCUT2D eigenvalue weighted by Crippen LogP contribution is -2.47. The highest BCUT2D eigenvalue weighted by Crippen LogP contribution is 2.40. The van der Waals surface area contributed by atoms with Crippen LogP contribution in [0.2, 0.25) is 0 Å². The van der Waals surface area contributed by atoms with E-state index >= 15 is 4.39 Å². The van der Waals surface area contributed by atoms with Gasteiger partial charge in [0.1, 0.15) is 11.5 Å². The summed E-state index contributed by atoms with van der Waals surface area (Å²) >= 11 is 11.2. The van der Waals surface area contributed by atoms with E-state index < -0.39 is 5.83 Å². The van der Waals surface area contributed by atoms with Crippen molar-refractivity contribution in [3.8, 4) is 0 Å². The van der Waals surface area contributed by atoms with Crippen LogP contribution in [-0.2, 0) is 4.79 Å². The van der Waals surface area contributed by atoms with Gasteiger partial charge in [0.05, 0.1) is 21.3 Å². The maximum absolute atomic E-state index is 15.7. The molecule has 2 heterocycles. The lowest BCUT2D eigenvalue weighted by Gasteiger charge is -2.36. The largest absolute Gasteiger partial charge is 0.373 e. The molecule has 1 aliphatic carbocycles. The number of piperazine rings is 1. The second-order valence-electron chi connectivity index (χ2n) is 7.64. The summed E-state index contributed by atoms with van der Waals surface area (Å²) in [4.78, 5) is 20.0. The molecule has 1 amide bonds. The predicted molar refractivity (Wildman–Crippen MR) is 135 cm³/mol. The zero-order chi connectivity index (χ0) is 23.7. The number of thiol groups is 1. The van der Waals surface area contributed by atoms with Crippen LogP contribution in [-0.4, -0.2) is 59.6 Å². The first-order valence-electron chi connectivity index (χ1n) is 10.4. The van der Waals surface area contributed by atoms with E-state index in [0.29, 0.717) is 48.3 Å². The van der Waals surface area contributed by atoms with Crippen molar-refractivity contribution in [1.29, 1.82) is 5.41 Å². The van der Waals surface area contributed by atoms with E-state index in [1.807, 2.05) is 35.2 Å². The topological polar surface area (TPSA) is 72.3 Å². The Morgan fingerprint density at radius 2 is 1.94 bits per heavy atom. The van der Waals surface area contributed by atoms with E-state index in [-0.39, 0.29) is 22.2 Å². The Morgan fingerprint density at radius 1 is 1.27 bits per heavy atom. The Labute approximate surface area is 202 Å². The van der Waals surface area contributed by atoms with Crippen molar-refractivity contribution in [2.45, 2.75) is 0 Å². The van der Waals surface area contributed by atoms with Gasteiger partial charge in [-0.05, 0) is 23.6 Å². The molecule has 1 fully saturated rings. The minimum Gasteiger partial charge on any atom is -0.373 e. The molecule has 170 valence electrons. The Morgan fingerprint density at radius 3 is 2.61 bits per heavy atom. The van der Waals surface area contributed by atoms with E-state index in [0.717, 1.165) is 10.8 Å². The molecule has 6 nitrogen and oxygen atoms in total. The number of amides is 1. The molecule has 2 aromatic rings. The molecule has 33 heavy (non-hydrogen) atoms. The Hall–Kier alpha value is -3.10. The number of hydrogen-bond donors (Lipinski definition) is 3. The fourth-order valence-corrected chi connectivity index (χ4v) is 4.63. The molecule has 2 aliphatic rings. The van der Waals surface area contributed by atoms with Gasteiger partial charge in [0.15, 0.2) is 5.83 Å². The van der Waals surface area contributed by atoms with Crippen LogP contribution in [0.25, 0.3) is 16.3 Å². The maximum Gasteiger partial charge on any atom is 0.246 e. The van der Waals surface area contributed by atoms with Gasteiger partial charge in [-0.2, -0.15) is 0 Å². The summed E-state index contributed by atoms with van der Waals surface area (Å²) in [5, 5.41) is 13.7. The SMILES string of the molecule is C=CC(=O)N1CCN(/C(S)=C2\C=C(Cl)C(c3nc(NC)cc4ccccc34)=C(F)C2=N)CC1. The third-order valence-electron chi connectivity index (χ3n) is 5.76. The first-order chi connectivity index (χ1) is 15.8. The normalized spacial score (nSPS) is 18.4. The van der Waals surface area contributed by atoms with Crippen LogP contribution < -0.4 is 5.32 Å². The molecule has 9 heteroatoms. The number of rotatable bonds is 4. The van der Waals surface area contributed by atoms with E-state index in [1.165, 1.54) is 6.08 Å². The number of nitrogens with zero attached hydrogens (tertiary/aromatic N) is 3. The van der Waals surface area contributed by atoms with Crippen LogP contribution in [0.1, 0.15) is 5.69 Å². The first-order valence-corrected chi connectivity index (χ1v) is 11.2. The van der Waals surface area contributed by atoms with Gasteiger partial charge in [0.2, 0.25) is 5.91 Å². The van der Waals surface area contributed by atoms with Gasteiger partial charge in [-0.15, -0.1) is 12.6 Å². The quantitative estimate of drug-likeness (QED) is 0.439. The van der Waals surface area contributed by atoms with Gasteiger partial charge >= 0.3 is 0 Å². The number of benzene rings is 1. The Balaban J connectivity index is 1.72. The summed E-state index contributed by atoms with van der Waals surface area (Å²) in [5.74, 6) is -0.308. The predicted octanol–water partition coefficient (Wildman–Crippen LogP) is 4.58. The number of nitrogens with one attached hydrogen (secondary N) is 2. The molecule has 1 aromatic carbocycles. The number of hydrogen-bond acceptors (Lipinski definition) is 6. The summed E-state index contributed by atoms with van der Waals surface area (Å²) in [5.41, 5.74) is 0.449. The summed E-state index contributed by atoms with van der Waals surface area (Å²) < 4.78 is 15.7. The zero-order valence-electron chi connectivity index (χ0n) is 18.0. The van der Waals surface area contributed by atoms with Gasteiger partial charge in [-0.3, -0.25) is 10.2 Å². The molecule has 1 aliphatic heterocycles. The molecule has 0 radical (unpaired) electrons. The monoisotopic (exact) mass is 483 g/mol. The number of aromatic nitrogens is 1. The molecule has 0 saturated carbocycles. The smallest absolute Gasteiger partial charge is 0.246 e. The third-order valence-corrected chi connectivity index (χ3v) is 6.58. The molecule has 0 spiro atoms. The molecule has 0 bridgehead atoms. The van der Waals surface area contributed by atoms with Gasteiger partial charge in [-0.1, -0.05) is 42.4 Å². The van der Waals surface area contributed by atoms with Crippen LogP contribution in [0.3, 0.4) is 0 Å². The minimum atomic E-state index is -0.754. The van der Waals surface area contributed by atoms with Crippen LogP contribution >= 0.6 is 24.2 Å². The number of carbonyl (C=O) groups is 1. The number of halogens is 2. The maximum atomic E-state index is 15.7. The van der Waals surface area contributed by atoms with Crippen molar-refractivity contribution < 1.29 is 9.18 Å². The summed E-state index contributed by atoms with van der Waals surface area (Å²) in [6, 6.07) is 9.39. The molecule has 2 N–H and O–H groups in total. The highest BCUT2D eigenvalue weighted by atomic mass is 35.5. The number of anilines is 1. The fraction of sp³-hybridized carbons (Fsp3) is 0.208. The standard InChI is InChI=1S/C24H23ClFN5OS/c1-3-19(32)30-8-10-31(11-9-30)24(33)16-13-17(25)20(21(26)22(16)27)23-15-7-5-4-6-14(15)12-18(28-2)29-23/h3-7,12-13,27,33H,1,8-11H2,2H3,(H,28,29)/b24-16-,27-22?. The van der Waals surface area contributed by atoms with Crippen LogP contribution in [0.5, 0.6) is 0 Å². The van der Waals surface area contributed by atoms with Gasteiger partial charge in [-0.25, -0.2) is 9.37 Å². The molecule has 0 atom stereocenters. The summed E-state index contributed by atoms with van der Waals surface area (Å²) in [6.07, 6.45) is 2.85. The second-order valence-corrected chi connectivity index (χ2v) is 8.47. The van der Waals surface area contributed by atoms with Gasteiger partial charge in [0.25, 0.3) is 0 Å². The van der Waals surface area contributed by atoms with Crippen molar-refractivity contribution in [3.63, 3.8) is 0 Å². The highest BCUT2D eigenvalue weighted by molar-refractivity contribution is 7.84. The molecule has 1 aromatic heterocycles. The van der Waals surface area contributed by atoms with Crippen molar-refractivity contribution in [2.24, 2.45) is 0 Å². The Kier molecular flexibility index (Phi) is 6.58. The van der Waals surface area contributed by atoms with Crippen molar-refractivity contribution in [2.75, 3.05) is 38.5 Å². The van der Waals surface area contributed by atoms with E-state index in [9.17, 15) is 4.79 Å². The van der Waals surface area contributed by atoms with E-state index in [2.05, 4.69) is 29.5 Å². The van der Waals surface area contributed by atoms with Crippen molar-refractivity contribution in [1.82, 2.24) is 14.8 Å². The lowest BCUT2D eigenvalue weighted by atomic mass is 9.94. The third kappa shape index (κ3) is 4.28. The van der Waals surface area contributed by atoms with E-state index in [1.54, 1.807) is 18.0 Å². The fourth-order valence-electron chi connectivity index (χ4n) is 3.97. The average Bonchev–Trinajstić information content (AvgIpc) is 2.85. The number of allylic oxidation sites excluding steroid dienone is 5. The number of pyridine rings is 1. The minimum absolute atomic E-state index is 0.0845. The van der Waals surface area contributed by atoms with E-state index in [4.69, 9.17) is 17.0 Å². The lowest BCUT2D eigenvalue weighted by molar-refractivity contribution is -0.127. The van der Waals surface area contributed by atoms with Crippen LogP contribution in [0.4, 0.5) is 10.2 Å². The second kappa shape index (κ2) is 9.41. The molecule has 4 rings (SSSR count). The summed E-state index contributed by atoms with van der Waals surface area (Å²) in [6.45, 7) is 5.51. The highest BCUT2D eigenvalue weighted by Gasteiger charge is 2.30. The van der Waals surface area contributed by atoms with Crippen LogP contribution in [0, 0.1) is 5.41 Å². The molecular weight excluding hydrogens is 461 g/mol. The van der Waals surface area contributed by atoms with Crippen LogP contribution in [0.15, 0.2) is 70.5 Å². The molecule has 0 unspecified atom stereocenters. The van der Waals surface area contributed by atoms with Gasteiger partial charge < -0.3 is 15.1 Å². The Bertz CT molecular complexity index is 1260. The summed E-state index contributed by atoms with van der Waals surface area (Å²) in [7, 11) is 1.74. The average molecular weight is 484 g/mol. The van der Waals surface area contributed by atoms with Crippen molar-refractivity contribution in [3.05, 3.63) is 76.2 Å². The number of fused-ring (bicyclic) bond motifs is 1. The van der Waals surface area contributed by atoms with Gasteiger partial charge in [0, 0.05) is 44.2 Å². The number of carbonyl (C=O) groups excluding carboxylic acids is 1. The molecular formula is C24H23ClFN5OS. The molecule has 1 saturated heterocycles. The van der Waals surface area contributed by atoms with Crippen molar-refractivity contribution >= 4 is 58.0 Å². The first kappa shape index (κ1) is 23.1.